The number of benzene rings is 1. The van der Waals surface area contributed by atoms with Gasteiger partial charge in [-0.25, -0.2) is 8.78 Å². The largest absolute Gasteiger partial charge is 0.374 e. The van der Waals surface area contributed by atoms with Gasteiger partial charge < -0.3 is 20.9 Å². The molecule has 1 aromatic carbocycles. The van der Waals surface area contributed by atoms with Crippen LogP contribution < -0.4 is 16.0 Å². The van der Waals surface area contributed by atoms with Crippen LogP contribution >= 0.6 is 11.6 Å². The predicted molar refractivity (Wildman–Crippen MR) is 141 cm³/mol. The van der Waals surface area contributed by atoms with E-state index in [-0.39, 0.29) is 24.7 Å². The van der Waals surface area contributed by atoms with Crippen LogP contribution in [0, 0.1) is 29.1 Å². The van der Waals surface area contributed by atoms with Gasteiger partial charge in [0.1, 0.15) is 18.1 Å². The van der Waals surface area contributed by atoms with E-state index in [9.17, 15) is 19.6 Å². The fourth-order valence-electron chi connectivity index (χ4n) is 6.44. The van der Waals surface area contributed by atoms with Crippen molar-refractivity contribution in [3.63, 3.8) is 0 Å². The fourth-order valence-corrected chi connectivity index (χ4v) is 6.63. The molecule has 3 heterocycles. The Bertz CT molecular complexity index is 1160. The van der Waals surface area contributed by atoms with Crippen molar-refractivity contribution in [2.45, 2.75) is 87.9 Å². The second-order valence-corrected chi connectivity index (χ2v) is 11.9. The minimum Gasteiger partial charge on any atom is -0.374 e. The average Bonchev–Trinajstić information content (AvgIpc) is 3.72. The zero-order valence-electron chi connectivity index (χ0n) is 21.7. The van der Waals surface area contributed by atoms with Gasteiger partial charge in [-0.15, -0.1) is 0 Å². The number of hydrogen-bond acceptors (Lipinski definition) is 5. The molecule has 39 heavy (non-hydrogen) atoms. The third-order valence-corrected chi connectivity index (χ3v) is 8.82. The zero-order chi connectivity index (χ0) is 27.7. The van der Waals surface area contributed by atoms with Crippen molar-refractivity contribution < 1.29 is 23.2 Å². The van der Waals surface area contributed by atoms with E-state index < -0.39 is 54.3 Å². The third-order valence-electron chi connectivity index (χ3n) is 8.58. The Balaban J connectivity index is 1.38. The maximum Gasteiger partial charge on any atom is 0.255 e. The lowest BCUT2D eigenvalue weighted by Gasteiger charge is -2.54. The summed E-state index contributed by atoms with van der Waals surface area (Å²) >= 11 is 6.14. The van der Waals surface area contributed by atoms with Crippen LogP contribution in [0.1, 0.15) is 57.8 Å². The summed E-state index contributed by atoms with van der Waals surface area (Å²) in [5.74, 6) is -5.83. The number of carbonyl (C=O) groups excluding carboxylic acids is 3. The van der Waals surface area contributed by atoms with E-state index in [4.69, 9.17) is 11.6 Å². The summed E-state index contributed by atoms with van der Waals surface area (Å²) in [6.07, 6.45) is 4.01. The van der Waals surface area contributed by atoms with Crippen LogP contribution in [0.4, 0.5) is 14.5 Å². The van der Waals surface area contributed by atoms with E-state index in [1.807, 2.05) is 6.07 Å². The maximum absolute atomic E-state index is 15.1. The second-order valence-electron chi connectivity index (χ2n) is 11.4. The van der Waals surface area contributed by atoms with E-state index in [0.29, 0.717) is 42.4 Å². The SMILES string of the molecule is N#C[C@@H](C[C@H]1CCCNC1=O)NC(=O)[C@H]1[C@@H]2CC[C@@H](CC2(F)F)N1C(=O)[C@@H](CC1CC1)Nc1cccc(Cl)c1. The number of fused-ring (bicyclic) bond motifs is 3. The van der Waals surface area contributed by atoms with E-state index in [0.717, 1.165) is 19.3 Å². The molecule has 5 fully saturated rings. The molecule has 3 aliphatic heterocycles. The first-order valence-electron chi connectivity index (χ1n) is 13.9. The van der Waals surface area contributed by atoms with Gasteiger partial charge in [0.2, 0.25) is 17.7 Å². The third kappa shape index (κ3) is 6.13. The number of halogens is 3. The molecule has 5 aliphatic rings. The van der Waals surface area contributed by atoms with Crippen LogP contribution in [0.15, 0.2) is 24.3 Å². The van der Waals surface area contributed by atoms with Crippen molar-refractivity contribution in [3.05, 3.63) is 29.3 Å². The van der Waals surface area contributed by atoms with Crippen LogP contribution in [-0.4, -0.2) is 59.3 Å². The van der Waals surface area contributed by atoms with Crippen molar-refractivity contribution in [1.29, 1.82) is 5.26 Å². The molecule has 6 atom stereocenters. The van der Waals surface area contributed by atoms with Crippen LogP contribution in [0.25, 0.3) is 0 Å². The van der Waals surface area contributed by atoms with Gasteiger partial charge in [0.05, 0.1) is 12.0 Å². The smallest absolute Gasteiger partial charge is 0.255 e. The number of piperidine rings is 3. The molecule has 0 aromatic heterocycles. The number of amides is 3. The minimum absolute atomic E-state index is 0.0971. The monoisotopic (exact) mass is 561 g/mol. The number of alkyl halides is 2. The van der Waals surface area contributed by atoms with Gasteiger partial charge in [-0.1, -0.05) is 30.5 Å². The Hall–Kier alpha value is -2.93. The lowest BCUT2D eigenvalue weighted by atomic mass is 9.71. The Morgan fingerprint density at radius 2 is 2.00 bits per heavy atom. The summed E-state index contributed by atoms with van der Waals surface area (Å²) in [4.78, 5) is 41.3. The number of nitrogens with zero attached hydrogens (tertiary/aromatic N) is 2. The Labute approximate surface area is 231 Å². The molecule has 3 amide bonds. The molecule has 2 aliphatic carbocycles. The van der Waals surface area contributed by atoms with E-state index in [1.165, 1.54) is 4.90 Å². The summed E-state index contributed by atoms with van der Waals surface area (Å²) in [5, 5.41) is 18.9. The zero-order valence-corrected chi connectivity index (χ0v) is 22.4. The van der Waals surface area contributed by atoms with Crippen LogP contribution in [0.2, 0.25) is 5.02 Å². The first-order chi connectivity index (χ1) is 18.7. The Morgan fingerprint density at radius 3 is 2.67 bits per heavy atom. The minimum atomic E-state index is -3.10. The summed E-state index contributed by atoms with van der Waals surface area (Å²) in [6, 6.07) is 5.10. The molecule has 0 spiro atoms. The molecule has 2 bridgehead atoms. The molecule has 0 radical (unpaired) electrons. The predicted octanol–water partition coefficient (Wildman–Crippen LogP) is 3.86. The van der Waals surface area contributed by atoms with E-state index in [1.54, 1.807) is 24.3 Å². The topological polar surface area (TPSA) is 114 Å². The number of hydrogen-bond donors (Lipinski definition) is 3. The maximum atomic E-state index is 15.1. The number of nitriles is 1. The molecule has 3 saturated heterocycles. The molecule has 0 unspecified atom stereocenters. The van der Waals surface area contributed by atoms with Crippen molar-refractivity contribution >= 4 is 35.0 Å². The summed E-state index contributed by atoms with van der Waals surface area (Å²) in [5.41, 5.74) is 0.644. The van der Waals surface area contributed by atoms with Gasteiger partial charge in [0.25, 0.3) is 5.92 Å². The highest BCUT2D eigenvalue weighted by atomic mass is 35.5. The molecule has 2 saturated carbocycles. The Kier molecular flexibility index (Phi) is 7.99. The normalized spacial score (nSPS) is 29.1. The second kappa shape index (κ2) is 11.3. The van der Waals surface area contributed by atoms with Crippen molar-refractivity contribution in [1.82, 2.24) is 15.5 Å². The van der Waals surface area contributed by atoms with E-state index in [2.05, 4.69) is 16.0 Å². The summed E-state index contributed by atoms with van der Waals surface area (Å²) < 4.78 is 30.3. The average molecular weight is 562 g/mol. The van der Waals surface area contributed by atoms with Crippen LogP contribution in [0.3, 0.4) is 0 Å². The molecular weight excluding hydrogens is 528 g/mol. The van der Waals surface area contributed by atoms with Gasteiger partial charge in [0.15, 0.2) is 0 Å². The molecule has 3 N–H and O–H groups in total. The lowest BCUT2D eigenvalue weighted by molar-refractivity contribution is -0.194. The van der Waals surface area contributed by atoms with Crippen LogP contribution in [0.5, 0.6) is 0 Å². The number of carbonyl (C=O) groups is 3. The van der Waals surface area contributed by atoms with Crippen LogP contribution in [-0.2, 0) is 14.4 Å². The molecule has 1 aromatic rings. The first kappa shape index (κ1) is 27.6. The standard InChI is InChI=1S/C28H34ClF2N5O3/c29-18-4-1-5-19(13-18)34-23(11-16-6-7-16)27(39)36-21-8-9-22(28(30,31)14-21)24(36)26(38)35-20(15-32)12-17-3-2-10-33-25(17)37/h1,4-5,13,16-17,20-24,34H,2-3,6-12,14H2,(H,33,37)(H,35,38)/t17-,20-,21+,22+,23-,24-/m1/s1. The van der Waals surface area contributed by atoms with Gasteiger partial charge in [-0.3, -0.25) is 14.4 Å². The Morgan fingerprint density at radius 1 is 1.21 bits per heavy atom. The van der Waals surface area contributed by atoms with Gasteiger partial charge in [0, 0.05) is 35.6 Å². The van der Waals surface area contributed by atoms with Crippen molar-refractivity contribution in [2.75, 3.05) is 11.9 Å². The summed E-state index contributed by atoms with van der Waals surface area (Å²) in [6.45, 7) is 0.571. The molecule has 11 heteroatoms. The highest BCUT2D eigenvalue weighted by molar-refractivity contribution is 6.30. The summed E-state index contributed by atoms with van der Waals surface area (Å²) in [7, 11) is 0. The van der Waals surface area contributed by atoms with Gasteiger partial charge >= 0.3 is 0 Å². The van der Waals surface area contributed by atoms with Gasteiger partial charge in [-0.2, -0.15) is 5.26 Å². The van der Waals surface area contributed by atoms with Crippen molar-refractivity contribution in [2.24, 2.45) is 17.8 Å². The number of rotatable bonds is 9. The number of nitrogens with one attached hydrogen (secondary N) is 3. The van der Waals surface area contributed by atoms with Crippen molar-refractivity contribution in [3.8, 4) is 6.07 Å². The quantitative estimate of drug-likeness (QED) is 0.424. The molecule has 8 nitrogen and oxygen atoms in total. The van der Waals surface area contributed by atoms with Gasteiger partial charge in [-0.05, 0) is 62.6 Å². The first-order valence-corrected chi connectivity index (χ1v) is 14.2. The van der Waals surface area contributed by atoms with E-state index >= 15 is 8.78 Å². The molecule has 6 rings (SSSR count). The lowest BCUT2D eigenvalue weighted by Crippen LogP contribution is -2.70. The molecular formula is C28H34ClF2N5O3. The molecule has 210 valence electrons. The fraction of sp³-hybridized carbons (Fsp3) is 0.643. The highest BCUT2D eigenvalue weighted by Crippen LogP contribution is 2.49. The highest BCUT2D eigenvalue weighted by Gasteiger charge is 2.61. The number of anilines is 1.